The van der Waals surface area contributed by atoms with Gasteiger partial charge in [0.1, 0.15) is 16.0 Å². The van der Waals surface area contributed by atoms with Crippen LogP contribution in [0.25, 0.3) is 6.08 Å². The van der Waals surface area contributed by atoms with Crippen LogP contribution in [0.5, 0.6) is 11.5 Å². The van der Waals surface area contributed by atoms with E-state index in [-0.39, 0.29) is 5.78 Å². The molecule has 0 radical (unpaired) electrons. The SMILES string of the molecule is COc1cc(/C=C/C(=O)c2ccc(Br)cc2)cc(OC)c1Br. The highest BCUT2D eigenvalue weighted by molar-refractivity contribution is 9.11. The minimum Gasteiger partial charge on any atom is -0.495 e. The molecule has 22 heavy (non-hydrogen) atoms. The first-order valence-corrected chi connectivity index (χ1v) is 8.03. The predicted molar refractivity (Wildman–Crippen MR) is 94.8 cm³/mol. The zero-order chi connectivity index (χ0) is 16.1. The highest BCUT2D eigenvalue weighted by atomic mass is 79.9. The lowest BCUT2D eigenvalue weighted by Gasteiger charge is -2.09. The van der Waals surface area contributed by atoms with Gasteiger partial charge in [-0.15, -0.1) is 0 Å². The van der Waals surface area contributed by atoms with Gasteiger partial charge in [0.2, 0.25) is 0 Å². The maximum atomic E-state index is 12.1. The van der Waals surface area contributed by atoms with Gasteiger partial charge in [0.15, 0.2) is 5.78 Å². The molecule has 114 valence electrons. The molecule has 0 aliphatic rings. The molecule has 0 spiro atoms. The van der Waals surface area contributed by atoms with E-state index in [4.69, 9.17) is 9.47 Å². The average Bonchev–Trinajstić information content (AvgIpc) is 2.54. The van der Waals surface area contributed by atoms with E-state index >= 15 is 0 Å². The van der Waals surface area contributed by atoms with Crippen molar-refractivity contribution in [3.63, 3.8) is 0 Å². The van der Waals surface area contributed by atoms with Crippen molar-refractivity contribution in [2.45, 2.75) is 0 Å². The molecule has 0 saturated heterocycles. The van der Waals surface area contributed by atoms with E-state index in [0.29, 0.717) is 17.1 Å². The molecule has 0 aromatic heterocycles. The number of halogens is 2. The third-order valence-electron chi connectivity index (χ3n) is 3.02. The lowest BCUT2D eigenvalue weighted by Crippen LogP contribution is -1.94. The van der Waals surface area contributed by atoms with Crippen LogP contribution in [0.2, 0.25) is 0 Å². The van der Waals surface area contributed by atoms with Crippen LogP contribution in [0.3, 0.4) is 0 Å². The second-order valence-electron chi connectivity index (χ2n) is 4.44. The summed E-state index contributed by atoms with van der Waals surface area (Å²) in [7, 11) is 3.17. The Morgan fingerprint density at radius 3 is 2.05 bits per heavy atom. The molecule has 5 heteroatoms. The smallest absolute Gasteiger partial charge is 0.185 e. The minimum atomic E-state index is -0.0617. The third kappa shape index (κ3) is 3.99. The summed E-state index contributed by atoms with van der Waals surface area (Å²) >= 11 is 6.76. The van der Waals surface area contributed by atoms with E-state index in [1.165, 1.54) is 6.08 Å². The first-order chi connectivity index (χ1) is 10.5. The molecule has 0 heterocycles. The van der Waals surface area contributed by atoms with Gasteiger partial charge in [-0.3, -0.25) is 4.79 Å². The van der Waals surface area contributed by atoms with Crippen molar-refractivity contribution in [2.24, 2.45) is 0 Å². The number of ketones is 1. The predicted octanol–water partition coefficient (Wildman–Crippen LogP) is 5.12. The highest BCUT2D eigenvalue weighted by Crippen LogP contribution is 2.35. The number of rotatable bonds is 5. The van der Waals surface area contributed by atoms with Gasteiger partial charge in [-0.05, 0) is 64.0 Å². The molecule has 2 aromatic carbocycles. The molecule has 0 N–H and O–H groups in total. The standard InChI is InChI=1S/C17H14Br2O3/c1-21-15-9-11(10-16(22-2)17(15)19)3-8-14(20)12-4-6-13(18)7-5-12/h3-10H,1-2H3/b8-3+. The van der Waals surface area contributed by atoms with Gasteiger partial charge in [0, 0.05) is 10.0 Å². The number of carbonyl (C=O) groups is 1. The van der Waals surface area contributed by atoms with Gasteiger partial charge in [-0.1, -0.05) is 22.0 Å². The Balaban J connectivity index is 2.26. The lowest BCUT2D eigenvalue weighted by molar-refractivity contribution is 0.104. The quantitative estimate of drug-likeness (QED) is 0.492. The fourth-order valence-electron chi connectivity index (χ4n) is 1.87. The molecule has 0 aliphatic carbocycles. The Labute approximate surface area is 146 Å². The summed E-state index contributed by atoms with van der Waals surface area (Å²) in [6.45, 7) is 0. The maximum absolute atomic E-state index is 12.1. The van der Waals surface area contributed by atoms with E-state index < -0.39 is 0 Å². The van der Waals surface area contributed by atoms with Crippen LogP contribution in [0, 0.1) is 0 Å². The fourth-order valence-corrected chi connectivity index (χ4v) is 2.69. The Hall–Kier alpha value is -1.59. The molecular formula is C17H14Br2O3. The average molecular weight is 426 g/mol. The second-order valence-corrected chi connectivity index (χ2v) is 6.15. The number of allylic oxidation sites excluding steroid dienone is 1. The molecule has 3 nitrogen and oxygen atoms in total. The summed E-state index contributed by atoms with van der Waals surface area (Å²) in [5, 5.41) is 0. The summed E-state index contributed by atoms with van der Waals surface area (Å²) in [4.78, 5) is 12.1. The summed E-state index contributed by atoms with van der Waals surface area (Å²) in [5.41, 5.74) is 1.46. The molecule has 0 saturated carbocycles. The monoisotopic (exact) mass is 424 g/mol. The van der Waals surface area contributed by atoms with Gasteiger partial charge in [0.25, 0.3) is 0 Å². The van der Waals surface area contributed by atoms with E-state index in [0.717, 1.165) is 14.5 Å². The van der Waals surface area contributed by atoms with Gasteiger partial charge < -0.3 is 9.47 Å². The molecule has 0 amide bonds. The van der Waals surface area contributed by atoms with Crippen LogP contribution in [-0.4, -0.2) is 20.0 Å². The number of methoxy groups -OCH3 is 2. The summed E-state index contributed by atoms with van der Waals surface area (Å²) < 4.78 is 12.2. The van der Waals surface area contributed by atoms with Crippen molar-refractivity contribution in [1.29, 1.82) is 0 Å². The Kier molecular flexibility index (Phi) is 5.80. The van der Waals surface area contributed by atoms with Gasteiger partial charge in [-0.2, -0.15) is 0 Å². The summed E-state index contributed by atoms with van der Waals surface area (Å²) in [5.74, 6) is 1.23. The summed E-state index contributed by atoms with van der Waals surface area (Å²) in [6, 6.07) is 10.9. The summed E-state index contributed by atoms with van der Waals surface area (Å²) in [6.07, 6.45) is 3.27. The van der Waals surface area contributed by atoms with E-state index in [1.807, 2.05) is 24.3 Å². The molecule has 2 rings (SSSR count). The van der Waals surface area contributed by atoms with Gasteiger partial charge >= 0.3 is 0 Å². The van der Waals surface area contributed by atoms with Crippen molar-refractivity contribution < 1.29 is 14.3 Å². The zero-order valence-corrected chi connectivity index (χ0v) is 15.3. The maximum Gasteiger partial charge on any atom is 0.185 e. The topological polar surface area (TPSA) is 35.5 Å². The van der Waals surface area contributed by atoms with Crippen LogP contribution in [0.1, 0.15) is 15.9 Å². The Morgan fingerprint density at radius 2 is 1.55 bits per heavy atom. The highest BCUT2D eigenvalue weighted by Gasteiger charge is 2.09. The minimum absolute atomic E-state index is 0.0617. The first kappa shape index (κ1) is 16.8. The third-order valence-corrected chi connectivity index (χ3v) is 4.33. The molecule has 0 bridgehead atoms. The molecule has 2 aromatic rings. The van der Waals surface area contributed by atoms with E-state index in [1.54, 1.807) is 32.4 Å². The first-order valence-electron chi connectivity index (χ1n) is 6.44. The molecule has 0 fully saturated rings. The lowest BCUT2D eigenvalue weighted by atomic mass is 10.1. The number of hydrogen-bond donors (Lipinski definition) is 0. The van der Waals surface area contributed by atoms with Crippen molar-refractivity contribution in [3.05, 3.63) is 62.5 Å². The molecule has 0 atom stereocenters. The normalized spacial score (nSPS) is 10.7. The van der Waals surface area contributed by atoms with Crippen LogP contribution in [0.15, 0.2) is 51.4 Å². The van der Waals surface area contributed by atoms with E-state index in [9.17, 15) is 4.79 Å². The Bertz CT molecular complexity index is 681. The van der Waals surface area contributed by atoms with Gasteiger partial charge in [-0.25, -0.2) is 0 Å². The van der Waals surface area contributed by atoms with Crippen LogP contribution < -0.4 is 9.47 Å². The second kappa shape index (κ2) is 7.61. The van der Waals surface area contributed by atoms with Gasteiger partial charge in [0.05, 0.1) is 14.2 Å². The van der Waals surface area contributed by atoms with Crippen LogP contribution >= 0.6 is 31.9 Å². The number of carbonyl (C=O) groups excluding carboxylic acids is 1. The largest absolute Gasteiger partial charge is 0.495 e. The zero-order valence-electron chi connectivity index (χ0n) is 12.1. The molecular weight excluding hydrogens is 412 g/mol. The molecule has 0 unspecified atom stereocenters. The number of ether oxygens (including phenoxy) is 2. The Morgan fingerprint density at radius 1 is 1.00 bits per heavy atom. The van der Waals surface area contributed by atoms with Crippen LogP contribution in [-0.2, 0) is 0 Å². The number of benzene rings is 2. The molecule has 0 aliphatic heterocycles. The van der Waals surface area contributed by atoms with Crippen molar-refractivity contribution in [1.82, 2.24) is 0 Å². The van der Waals surface area contributed by atoms with Crippen molar-refractivity contribution in [3.8, 4) is 11.5 Å². The van der Waals surface area contributed by atoms with Crippen molar-refractivity contribution in [2.75, 3.05) is 14.2 Å². The number of hydrogen-bond acceptors (Lipinski definition) is 3. The fraction of sp³-hybridized carbons (Fsp3) is 0.118. The van der Waals surface area contributed by atoms with Crippen molar-refractivity contribution >= 4 is 43.7 Å². The van der Waals surface area contributed by atoms with Crippen LogP contribution in [0.4, 0.5) is 0 Å². The van der Waals surface area contributed by atoms with E-state index in [2.05, 4.69) is 31.9 Å².